The topological polar surface area (TPSA) is 79.9 Å². The zero-order valence-corrected chi connectivity index (χ0v) is 15.6. The van der Waals surface area contributed by atoms with Gasteiger partial charge in [-0.2, -0.15) is 0 Å². The van der Waals surface area contributed by atoms with E-state index in [0.717, 1.165) is 12.8 Å². The Morgan fingerprint density at radius 1 is 1.40 bits per heavy atom. The number of nitrogens with one attached hydrogen (secondary N) is 2. The normalized spacial score (nSPS) is 15.9. The first kappa shape index (κ1) is 18.1. The molecule has 1 aromatic heterocycles. The second-order valence-electron chi connectivity index (χ2n) is 6.06. The minimum absolute atomic E-state index is 0.0423. The summed E-state index contributed by atoms with van der Waals surface area (Å²) >= 11 is 7.18. The molecule has 25 heavy (non-hydrogen) atoms. The predicted octanol–water partition coefficient (Wildman–Crippen LogP) is 3.58. The molecule has 1 amide bonds. The Morgan fingerprint density at radius 3 is 2.84 bits per heavy atom. The van der Waals surface area contributed by atoms with Gasteiger partial charge in [0, 0.05) is 11.1 Å². The number of aromatic amines is 1. The van der Waals surface area contributed by atoms with Crippen molar-refractivity contribution in [2.75, 3.05) is 0 Å². The smallest absolute Gasteiger partial charge is 0.233 e. The van der Waals surface area contributed by atoms with E-state index in [1.807, 2.05) is 6.92 Å². The maximum Gasteiger partial charge on any atom is 0.233 e. The molecule has 1 heterocycles. The van der Waals surface area contributed by atoms with E-state index in [9.17, 15) is 4.79 Å². The largest absolute Gasteiger partial charge is 0.486 e. The van der Waals surface area contributed by atoms with Gasteiger partial charge in [-0.15, -0.1) is 5.10 Å². The molecule has 0 radical (unpaired) electrons. The van der Waals surface area contributed by atoms with Crippen LogP contribution in [-0.4, -0.2) is 32.4 Å². The number of nitrogens with zero attached hydrogens (tertiary/aromatic N) is 2. The van der Waals surface area contributed by atoms with E-state index in [0.29, 0.717) is 27.8 Å². The molecule has 1 aromatic carbocycles. The molecule has 1 saturated carbocycles. The van der Waals surface area contributed by atoms with Crippen molar-refractivity contribution in [3.8, 4) is 5.75 Å². The number of hydrogen-bond donors (Lipinski definition) is 2. The quantitative estimate of drug-likeness (QED) is 0.717. The van der Waals surface area contributed by atoms with Crippen LogP contribution in [0, 0.1) is 0 Å². The molecule has 1 fully saturated rings. The summed E-state index contributed by atoms with van der Waals surface area (Å²) < 4.78 is 5.62. The van der Waals surface area contributed by atoms with Gasteiger partial charge in [-0.05, 0) is 44.0 Å². The molecule has 0 saturated heterocycles. The van der Waals surface area contributed by atoms with E-state index in [1.54, 1.807) is 24.3 Å². The van der Waals surface area contributed by atoms with E-state index in [2.05, 4.69) is 20.5 Å². The Kier molecular flexibility index (Phi) is 6.20. The molecule has 2 aromatic rings. The van der Waals surface area contributed by atoms with E-state index >= 15 is 0 Å². The number of rotatable bonds is 7. The lowest BCUT2D eigenvalue weighted by Gasteiger charge is -2.15. The zero-order chi connectivity index (χ0) is 17.6. The third-order valence-corrected chi connectivity index (χ3v) is 5.27. The molecular weight excluding hydrogens is 360 g/mol. The lowest BCUT2D eigenvalue weighted by molar-refractivity contribution is -0.120. The first-order valence-electron chi connectivity index (χ1n) is 8.37. The number of ether oxygens (including phenoxy) is 1. The number of hydrogen-bond acceptors (Lipinski definition) is 5. The van der Waals surface area contributed by atoms with E-state index in [1.165, 1.54) is 24.6 Å². The van der Waals surface area contributed by atoms with Crippen LogP contribution in [0.5, 0.6) is 5.75 Å². The molecule has 3 rings (SSSR count). The van der Waals surface area contributed by atoms with Crippen molar-refractivity contribution in [2.45, 2.75) is 55.7 Å². The average molecular weight is 381 g/mol. The highest BCUT2D eigenvalue weighted by atomic mass is 35.5. The fourth-order valence-electron chi connectivity index (χ4n) is 2.68. The molecule has 8 heteroatoms. The maximum absolute atomic E-state index is 12.2. The van der Waals surface area contributed by atoms with Gasteiger partial charge in [-0.1, -0.05) is 36.2 Å². The minimum Gasteiger partial charge on any atom is -0.486 e. The first-order chi connectivity index (χ1) is 12.1. The van der Waals surface area contributed by atoms with Gasteiger partial charge >= 0.3 is 0 Å². The van der Waals surface area contributed by atoms with Crippen LogP contribution in [-0.2, 0) is 11.4 Å². The lowest BCUT2D eigenvalue weighted by Crippen LogP contribution is -2.37. The van der Waals surface area contributed by atoms with Gasteiger partial charge in [0.25, 0.3) is 0 Å². The summed E-state index contributed by atoms with van der Waals surface area (Å²) in [5.41, 5.74) is 0. The Hall–Kier alpha value is -1.73. The van der Waals surface area contributed by atoms with Crippen LogP contribution in [0.1, 0.15) is 38.4 Å². The minimum atomic E-state index is -0.235. The number of benzene rings is 1. The molecular formula is C17H21ClN4O2S. The molecule has 0 spiro atoms. The van der Waals surface area contributed by atoms with Crippen LogP contribution >= 0.6 is 23.4 Å². The molecule has 1 aliphatic carbocycles. The standard InChI is InChI=1S/C17H21ClN4O2S/c1-11(16(23)19-13-4-2-3-5-13)25-17-20-15(21-22-17)10-24-14-8-6-12(18)7-9-14/h6-9,11,13H,2-5,10H2,1H3,(H,19,23)(H,20,21,22). The third kappa shape index (κ3) is 5.37. The highest BCUT2D eigenvalue weighted by Gasteiger charge is 2.22. The number of carbonyl (C=O) groups is 1. The molecule has 0 aliphatic heterocycles. The Balaban J connectivity index is 1.47. The van der Waals surface area contributed by atoms with Crippen molar-refractivity contribution in [3.05, 3.63) is 35.1 Å². The van der Waals surface area contributed by atoms with Crippen molar-refractivity contribution in [3.63, 3.8) is 0 Å². The van der Waals surface area contributed by atoms with Crippen LogP contribution in [0.4, 0.5) is 0 Å². The van der Waals surface area contributed by atoms with E-state index < -0.39 is 0 Å². The van der Waals surface area contributed by atoms with Gasteiger partial charge in [-0.3, -0.25) is 9.89 Å². The summed E-state index contributed by atoms with van der Waals surface area (Å²) in [7, 11) is 0. The number of halogens is 1. The highest BCUT2D eigenvalue weighted by Crippen LogP contribution is 2.22. The van der Waals surface area contributed by atoms with Gasteiger partial charge in [0.1, 0.15) is 12.4 Å². The predicted molar refractivity (Wildman–Crippen MR) is 97.9 cm³/mol. The fraction of sp³-hybridized carbons (Fsp3) is 0.471. The van der Waals surface area contributed by atoms with Crippen molar-refractivity contribution in [1.82, 2.24) is 20.5 Å². The Labute approximate surface area is 156 Å². The van der Waals surface area contributed by atoms with Crippen LogP contribution in [0.3, 0.4) is 0 Å². The molecule has 1 aliphatic rings. The van der Waals surface area contributed by atoms with Crippen LogP contribution in [0.2, 0.25) is 5.02 Å². The number of amides is 1. The molecule has 134 valence electrons. The molecule has 6 nitrogen and oxygen atoms in total. The van der Waals surface area contributed by atoms with Crippen molar-refractivity contribution >= 4 is 29.3 Å². The summed E-state index contributed by atoms with van der Waals surface area (Å²) in [5.74, 6) is 1.36. The van der Waals surface area contributed by atoms with E-state index in [4.69, 9.17) is 16.3 Å². The van der Waals surface area contributed by atoms with Gasteiger partial charge in [0.15, 0.2) is 5.82 Å². The maximum atomic E-state index is 12.2. The van der Waals surface area contributed by atoms with Crippen molar-refractivity contribution in [1.29, 1.82) is 0 Å². The SMILES string of the molecule is CC(Sc1n[nH]c(COc2ccc(Cl)cc2)n1)C(=O)NC1CCCC1. The number of H-pyrrole nitrogens is 1. The molecule has 2 N–H and O–H groups in total. The van der Waals surface area contributed by atoms with Crippen LogP contribution in [0.25, 0.3) is 0 Å². The second-order valence-corrected chi connectivity index (χ2v) is 7.80. The molecule has 1 atom stereocenters. The first-order valence-corrected chi connectivity index (χ1v) is 9.62. The molecule has 1 unspecified atom stereocenters. The Bertz CT molecular complexity index is 701. The zero-order valence-electron chi connectivity index (χ0n) is 14.0. The number of thioether (sulfide) groups is 1. The van der Waals surface area contributed by atoms with Gasteiger partial charge in [0.2, 0.25) is 11.1 Å². The highest BCUT2D eigenvalue weighted by molar-refractivity contribution is 8.00. The van der Waals surface area contributed by atoms with E-state index in [-0.39, 0.29) is 17.8 Å². The van der Waals surface area contributed by atoms with Gasteiger partial charge in [0.05, 0.1) is 5.25 Å². The molecule has 0 bridgehead atoms. The van der Waals surface area contributed by atoms with Crippen molar-refractivity contribution < 1.29 is 9.53 Å². The van der Waals surface area contributed by atoms with Gasteiger partial charge in [-0.25, -0.2) is 4.98 Å². The second kappa shape index (κ2) is 8.58. The summed E-state index contributed by atoms with van der Waals surface area (Å²) in [5, 5.41) is 11.1. The van der Waals surface area contributed by atoms with Gasteiger partial charge < -0.3 is 10.1 Å². The summed E-state index contributed by atoms with van der Waals surface area (Å²) in [6.07, 6.45) is 4.56. The van der Waals surface area contributed by atoms with Crippen molar-refractivity contribution in [2.24, 2.45) is 0 Å². The monoisotopic (exact) mass is 380 g/mol. The number of aromatic nitrogens is 3. The van der Waals surface area contributed by atoms with Crippen LogP contribution in [0.15, 0.2) is 29.4 Å². The summed E-state index contributed by atoms with van der Waals surface area (Å²) in [4.78, 5) is 16.6. The number of carbonyl (C=O) groups excluding carboxylic acids is 1. The third-order valence-electron chi connectivity index (χ3n) is 4.05. The Morgan fingerprint density at radius 2 is 2.12 bits per heavy atom. The fourth-order valence-corrected chi connectivity index (χ4v) is 3.56. The summed E-state index contributed by atoms with van der Waals surface area (Å²) in [6.45, 7) is 2.15. The summed E-state index contributed by atoms with van der Waals surface area (Å²) in [6, 6.07) is 7.45. The lowest BCUT2D eigenvalue weighted by atomic mass is 10.2. The average Bonchev–Trinajstić information content (AvgIpc) is 3.26. The van der Waals surface area contributed by atoms with Crippen LogP contribution < -0.4 is 10.1 Å².